The summed E-state index contributed by atoms with van der Waals surface area (Å²) in [5.41, 5.74) is 3.25. The van der Waals surface area contributed by atoms with Crippen LogP contribution in [0.3, 0.4) is 0 Å². The predicted octanol–water partition coefficient (Wildman–Crippen LogP) is 3.43. The Bertz CT molecular complexity index is 481. The van der Waals surface area contributed by atoms with Crippen LogP contribution in [-0.2, 0) is 6.54 Å². The maximum Gasteiger partial charge on any atom is 0.101 e. The van der Waals surface area contributed by atoms with Gasteiger partial charge in [-0.05, 0) is 47.7 Å². The monoisotopic (exact) mass is 277 g/mol. The fourth-order valence-electron chi connectivity index (χ4n) is 2.49. The SMILES string of the molecule is CC1(C)CCN(c2ccc(CNCl)cc2C#N)CC1. The van der Waals surface area contributed by atoms with Crippen LogP contribution in [0, 0.1) is 16.7 Å². The molecule has 1 heterocycles. The molecule has 0 bridgehead atoms. The van der Waals surface area contributed by atoms with E-state index in [0.29, 0.717) is 12.0 Å². The summed E-state index contributed by atoms with van der Waals surface area (Å²) < 4.78 is 0. The molecule has 1 aliphatic rings. The lowest BCUT2D eigenvalue weighted by atomic mass is 9.82. The van der Waals surface area contributed by atoms with E-state index < -0.39 is 0 Å². The number of nitriles is 1. The Morgan fingerprint density at radius 2 is 2.05 bits per heavy atom. The van der Waals surface area contributed by atoms with Gasteiger partial charge in [0, 0.05) is 19.6 Å². The van der Waals surface area contributed by atoms with Crippen LogP contribution in [0.15, 0.2) is 18.2 Å². The second-order valence-corrected chi connectivity index (χ2v) is 6.19. The van der Waals surface area contributed by atoms with Crippen molar-refractivity contribution in [1.29, 1.82) is 5.26 Å². The highest BCUT2D eigenvalue weighted by Crippen LogP contribution is 2.33. The van der Waals surface area contributed by atoms with E-state index in [-0.39, 0.29) is 0 Å². The standard InChI is InChI=1S/C15H20ClN3/c1-15(2)5-7-19(8-6-15)14-4-3-12(11-18-16)9-13(14)10-17/h3-4,9,18H,5-8,11H2,1-2H3. The number of hydrogen-bond donors (Lipinski definition) is 1. The topological polar surface area (TPSA) is 39.1 Å². The van der Waals surface area contributed by atoms with Gasteiger partial charge in [-0.1, -0.05) is 19.9 Å². The van der Waals surface area contributed by atoms with Crippen LogP contribution >= 0.6 is 11.8 Å². The minimum atomic E-state index is 0.422. The molecule has 1 aromatic carbocycles. The normalized spacial score (nSPS) is 18.1. The first-order valence-electron chi connectivity index (χ1n) is 6.67. The summed E-state index contributed by atoms with van der Waals surface area (Å²) in [5, 5.41) is 9.31. The highest BCUT2D eigenvalue weighted by atomic mass is 35.5. The van der Waals surface area contributed by atoms with Gasteiger partial charge in [0.05, 0.1) is 11.3 Å². The molecule has 0 radical (unpaired) electrons. The first-order valence-corrected chi connectivity index (χ1v) is 7.05. The molecular formula is C15H20ClN3. The molecule has 0 unspecified atom stereocenters. The van der Waals surface area contributed by atoms with Crippen LogP contribution in [0.5, 0.6) is 0 Å². The minimum absolute atomic E-state index is 0.422. The lowest BCUT2D eigenvalue weighted by molar-refractivity contribution is 0.280. The van der Waals surface area contributed by atoms with Crippen molar-refractivity contribution < 1.29 is 0 Å². The number of nitrogens with zero attached hydrogens (tertiary/aromatic N) is 2. The van der Waals surface area contributed by atoms with Gasteiger partial charge < -0.3 is 4.90 Å². The third-order valence-electron chi connectivity index (χ3n) is 3.91. The number of halogens is 1. The van der Waals surface area contributed by atoms with E-state index in [4.69, 9.17) is 11.8 Å². The lowest BCUT2D eigenvalue weighted by Crippen LogP contribution is -2.37. The Labute approximate surface area is 120 Å². The zero-order valence-corrected chi connectivity index (χ0v) is 12.3. The van der Waals surface area contributed by atoms with Gasteiger partial charge in [0.2, 0.25) is 0 Å². The van der Waals surface area contributed by atoms with Crippen molar-refractivity contribution in [3.05, 3.63) is 29.3 Å². The summed E-state index contributed by atoms with van der Waals surface area (Å²) in [6, 6.07) is 8.30. The van der Waals surface area contributed by atoms with Gasteiger partial charge in [-0.3, -0.25) is 0 Å². The quantitative estimate of drug-likeness (QED) is 0.861. The van der Waals surface area contributed by atoms with Gasteiger partial charge in [-0.15, -0.1) is 0 Å². The highest BCUT2D eigenvalue weighted by Gasteiger charge is 2.26. The van der Waals surface area contributed by atoms with Gasteiger partial charge in [0.25, 0.3) is 0 Å². The zero-order chi connectivity index (χ0) is 13.9. The largest absolute Gasteiger partial charge is 0.370 e. The lowest BCUT2D eigenvalue weighted by Gasteiger charge is -2.38. The fourth-order valence-corrected chi connectivity index (χ4v) is 2.64. The van der Waals surface area contributed by atoms with Crippen LogP contribution in [0.4, 0.5) is 5.69 Å². The number of nitrogens with one attached hydrogen (secondary N) is 1. The molecule has 19 heavy (non-hydrogen) atoms. The summed E-state index contributed by atoms with van der Waals surface area (Å²) in [6.07, 6.45) is 2.34. The van der Waals surface area contributed by atoms with Crippen LogP contribution in [0.25, 0.3) is 0 Å². The van der Waals surface area contributed by atoms with E-state index in [0.717, 1.165) is 29.9 Å². The molecule has 1 N–H and O–H groups in total. The average molecular weight is 278 g/mol. The maximum atomic E-state index is 9.31. The Hall–Kier alpha value is -1.24. The molecule has 1 aromatic rings. The number of benzene rings is 1. The maximum absolute atomic E-state index is 9.31. The molecule has 0 saturated carbocycles. The Kier molecular flexibility index (Phi) is 4.34. The number of anilines is 1. The van der Waals surface area contributed by atoms with E-state index >= 15 is 0 Å². The van der Waals surface area contributed by atoms with Crippen molar-refractivity contribution in [2.45, 2.75) is 33.2 Å². The van der Waals surface area contributed by atoms with E-state index in [1.807, 2.05) is 18.2 Å². The van der Waals surface area contributed by atoms with Crippen molar-refractivity contribution in [2.75, 3.05) is 18.0 Å². The van der Waals surface area contributed by atoms with Gasteiger partial charge in [-0.2, -0.15) is 5.26 Å². The first-order chi connectivity index (χ1) is 9.05. The molecule has 102 valence electrons. The Balaban J connectivity index is 2.19. The molecule has 4 heteroatoms. The van der Waals surface area contributed by atoms with E-state index in [9.17, 15) is 5.26 Å². The predicted molar refractivity (Wildman–Crippen MR) is 79.1 cm³/mol. The molecule has 0 atom stereocenters. The van der Waals surface area contributed by atoms with E-state index in [1.165, 1.54) is 12.8 Å². The fraction of sp³-hybridized carbons (Fsp3) is 0.533. The van der Waals surface area contributed by atoms with Gasteiger partial charge in [-0.25, -0.2) is 4.84 Å². The molecule has 1 fully saturated rings. The molecule has 1 saturated heterocycles. The average Bonchev–Trinajstić information content (AvgIpc) is 2.39. The molecule has 0 aliphatic carbocycles. The molecular weight excluding hydrogens is 258 g/mol. The van der Waals surface area contributed by atoms with Crippen LogP contribution in [0.1, 0.15) is 37.8 Å². The van der Waals surface area contributed by atoms with Crippen molar-refractivity contribution >= 4 is 17.5 Å². The number of piperidine rings is 1. The van der Waals surface area contributed by atoms with Crippen molar-refractivity contribution in [2.24, 2.45) is 5.41 Å². The molecule has 0 amide bonds. The van der Waals surface area contributed by atoms with Gasteiger partial charge >= 0.3 is 0 Å². The molecule has 0 aromatic heterocycles. The minimum Gasteiger partial charge on any atom is -0.370 e. The third kappa shape index (κ3) is 3.40. The third-order valence-corrected chi connectivity index (χ3v) is 4.04. The van der Waals surface area contributed by atoms with E-state index in [1.54, 1.807) is 0 Å². The van der Waals surface area contributed by atoms with Gasteiger partial charge in [0.15, 0.2) is 0 Å². The second-order valence-electron chi connectivity index (χ2n) is 5.92. The summed E-state index contributed by atoms with van der Waals surface area (Å²) in [6.45, 7) is 7.24. The summed E-state index contributed by atoms with van der Waals surface area (Å²) in [7, 11) is 0. The smallest absolute Gasteiger partial charge is 0.101 e. The van der Waals surface area contributed by atoms with Crippen molar-refractivity contribution in [3.8, 4) is 6.07 Å². The summed E-state index contributed by atoms with van der Waals surface area (Å²) >= 11 is 5.51. The van der Waals surface area contributed by atoms with Crippen molar-refractivity contribution in [3.63, 3.8) is 0 Å². The van der Waals surface area contributed by atoms with Crippen LogP contribution < -0.4 is 9.74 Å². The Morgan fingerprint density at radius 3 is 2.63 bits per heavy atom. The number of rotatable bonds is 3. The Morgan fingerprint density at radius 1 is 1.37 bits per heavy atom. The molecule has 0 spiro atoms. The second kappa shape index (κ2) is 5.81. The summed E-state index contributed by atoms with van der Waals surface area (Å²) in [5.74, 6) is 0. The van der Waals surface area contributed by atoms with Crippen LogP contribution in [-0.4, -0.2) is 13.1 Å². The molecule has 2 rings (SSSR count). The van der Waals surface area contributed by atoms with Gasteiger partial charge in [0.1, 0.15) is 6.07 Å². The highest BCUT2D eigenvalue weighted by molar-refractivity contribution is 6.13. The van der Waals surface area contributed by atoms with Crippen LogP contribution in [0.2, 0.25) is 0 Å². The summed E-state index contributed by atoms with van der Waals surface area (Å²) in [4.78, 5) is 4.92. The zero-order valence-electron chi connectivity index (χ0n) is 11.5. The van der Waals surface area contributed by atoms with Crippen molar-refractivity contribution in [1.82, 2.24) is 4.84 Å². The molecule has 1 aliphatic heterocycles. The number of hydrogen-bond acceptors (Lipinski definition) is 3. The first kappa shape index (κ1) is 14.2. The van der Waals surface area contributed by atoms with E-state index in [2.05, 4.69) is 29.7 Å². The molecule has 3 nitrogen and oxygen atoms in total.